The SMILES string of the molecule is CNC(=O)N1CC(NC(=O)c2c(-c3cccc(F)c3)ccc3ccncc23)C1. The minimum atomic E-state index is -0.365. The predicted octanol–water partition coefficient (Wildman–Crippen LogP) is 2.79. The summed E-state index contributed by atoms with van der Waals surface area (Å²) in [4.78, 5) is 30.5. The fraction of sp³-hybridized carbons (Fsp3) is 0.190. The van der Waals surface area contributed by atoms with Crippen molar-refractivity contribution in [3.63, 3.8) is 0 Å². The summed E-state index contributed by atoms with van der Waals surface area (Å²) in [6, 6.07) is 11.4. The summed E-state index contributed by atoms with van der Waals surface area (Å²) < 4.78 is 13.8. The second kappa shape index (κ2) is 7.26. The van der Waals surface area contributed by atoms with E-state index >= 15 is 0 Å². The van der Waals surface area contributed by atoms with E-state index in [4.69, 9.17) is 0 Å². The van der Waals surface area contributed by atoms with Gasteiger partial charge in [-0.15, -0.1) is 0 Å². The van der Waals surface area contributed by atoms with Gasteiger partial charge >= 0.3 is 6.03 Å². The van der Waals surface area contributed by atoms with Gasteiger partial charge in [0.05, 0.1) is 11.6 Å². The van der Waals surface area contributed by atoms with Crippen LogP contribution < -0.4 is 10.6 Å². The lowest BCUT2D eigenvalue weighted by atomic mass is 9.94. The van der Waals surface area contributed by atoms with Crippen LogP contribution in [0.5, 0.6) is 0 Å². The van der Waals surface area contributed by atoms with Crippen LogP contribution in [0.2, 0.25) is 0 Å². The lowest BCUT2D eigenvalue weighted by Gasteiger charge is -2.39. The summed E-state index contributed by atoms with van der Waals surface area (Å²) in [5, 5.41) is 7.11. The number of benzene rings is 2. The Morgan fingerprint density at radius 3 is 2.75 bits per heavy atom. The number of urea groups is 1. The molecule has 1 aromatic heterocycles. The van der Waals surface area contributed by atoms with Gasteiger partial charge in [-0.25, -0.2) is 9.18 Å². The van der Waals surface area contributed by atoms with Crippen molar-refractivity contribution in [1.29, 1.82) is 0 Å². The van der Waals surface area contributed by atoms with E-state index in [2.05, 4.69) is 15.6 Å². The molecule has 2 aromatic carbocycles. The maximum absolute atomic E-state index is 13.8. The van der Waals surface area contributed by atoms with Gasteiger partial charge in [0.25, 0.3) is 5.91 Å². The molecule has 1 aliphatic rings. The fourth-order valence-electron chi connectivity index (χ4n) is 3.45. The van der Waals surface area contributed by atoms with Crippen LogP contribution >= 0.6 is 0 Å². The van der Waals surface area contributed by atoms with Gasteiger partial charge in [-0.1, -0.05) is 24.3 Å². The average Bonchev–Trinajstić information content (AvgIpc) is 2.68. The molecule has 1 saturated heterocycles. The van der Waals surface area contributed by atoms with Crippen molar-refractivity contribution < 1.29 is 14.0 Å². The predicted molar refractivity (Wildman–Crippen MR) is 104 cm³/mol. The molecule has 1 aliphatic heterocycles. The number of nitrogens with one attached hydrogen (secondary N) is 2. The Bertz CT molecular complexity index is 1060. The maximum Gasteiger partial charge on any atom is 0.317 e. The molecule has 4 rings (SSSR count). The number of carbonyl (C=O) groups excluding carboxylic acids is 2. The van der Waals surface area contributed by atoms with Crippen LogP contribution in [0.25, 0.3) is 21.9 Å². The molecule has 0 saturated carbocycles. The standard InChI is InChI=1S/C21H19FN4O2/c1-23-21(28)26-11-16(12-26)25-20(27)19-17(14-3-2-4-15(22)9-14)6-5-13-7-8-24-10-18(13)19/h2-10,16H,11-12H2,1H3,(H,23,28)(H,25,27). The zero-order chi connectivity index (χ0) is 19.7. The molecule has 0 bridgehead atoms. The van der Waals surface area contributed by atoms with E-state index in [1.165, 1.54) is 12.1 Å². The maximum atomic E-state index is 13.8. The van der Waals surface area contributed by atoms with Gasteiger partial charge in [0.1, 0.15) is 5.82 Å². The van der Waals surface area contributed by atoms with Crippen LogP contribution in [0, 0.1) is 5.82 Å². The molecule has 0 radical (unpaired) electrons. The number of fused-ring (bicyclic) bond motifs is 1. The lowest BCUT2D eigenvalue weighted by molar-refractivity contribution is 0.0858. The molecule has 0 aliphatic carbocycles. The van der Waals surface area contributed by atoms with Gasteiger partial charge < -0.3 is 15.5 Å². The smallest absolute Gasteiger partial charge is 0.317 e. The topological polar surface area (TPSA) is 74.3 Å². The molecule has 2 heterocycles. The highest BCUT2D eigenvalue weighted by Crippen LogP contribution is 2.30. The molecular formula is C21H19FN4O2. The Balaban J connectivity index is 1.69. The Kier molecular flexibility index (Phi) is 4.65. The van der Waals surface area contributed by atoms with Crippen LogP contribution in [0.3, 0.4) is 0 Å². The van der Waals surface area contributed by atoms with E-state index in [0.717, 1.165) is 5.39 Å². The Morgan fingerprint density at radius 2 is 2.00 bits per heavy atom. The van der Waals surface area contributed by atoms with Gasteiger partial charge in [-0.05, 0) is 34.7 Å². The molecule has 2 N–H and O–H groups in total. The largest absolute Gasteiger partial charge is 0.346 e. The molecule has 0 spiro atoms. The van der Waals surface area contributed by atoms with Crippen LogP contribution in [0.4, 0.5) is 9.18 Å². The Labute approximate surface area is 161 Å². The number of aromatic nitrogens is 1. The van der Waals surface area contributed by atoms with E-state index < -0.39 is 0 Å². The van der Waals surface area contributed by atoms with Gasteiger partial charge in [-0.3, -0.25) is 9.78 Å². The number of nitrogens with zero attached hydrogens (tertiary/aromatic N) is 2. The number of carbonyl (C=O) groups is 2. The summed E-state index contributed by atoms with van der Waals surface area (Å²) in [6.45, 7) is 0.896. The van der Waals surface area contributed by atoms with E-state index in [1.54, 1.807) is 36.5 Å². The van der Waals surface area contributed by atoms with E-state index in [1.807, 2.05) is 18.2 Å². The number of likely N-dealkylation sites (tertiary alicyclic amines) is 1. The second-order valence-corrected chi connectivity index (χ2v) is 6.73. The third-order valence-corrected chi connectivity index (χ3v) is 4.90. The molecular weight excluding hydrogens is 359 g/mol. The van der Waals surface area contributed by atoms with E-state index in [0.29, 0.717) is 35.2 Å². The van der Waals surface area contributed by atoms with Crippen molar-refractivity contribution in [2.45, 2.75) is 6.04 Å². The monoisotopic (exact) mass is 378 g/mol. The normalized spacial score (nSPS) is 13.9. The zero-order valence-corrected chi connectivity index (χ0v) is 15.3. The van der Waals surface area contributed by atoms with Gasteiger partial charge in [0.15, 0.2) is 0 Å². The van der Waals surface area contributed by atoms with Crippen molar-refractivity contribution in [3.05, 3.63) is 66.2 Å². The van der Waals surface area contributed by atoms with Gasteiger partial charge in [0.2, 0.25) is 0 Å². The van der Waals surface area contributed by atoms with Crippen molar-refractivity contribution in [2.24, 2.45) is 0 Å². The van der Waals surface area contributed by atoms with Crippen LogP contribution in [-0.4, -0.2) is 48.0 Å². The number of pyridine rings is 1. The minimum Gasteiger partial charge on any atom is -0.346 e. The molecule has 1 fully saturated rings. The first kappa shape index (κ1) is 17.9. The first-order valence-electron chi connectivity index (χ1n) is 8.97. The van der Waals surface area contributed by atoms with Crippen molar-refractivity contribution in [3.8, 4) is 11.1 Å². The Hall–Kier alpha value is -3.48. The van der Waals surface area contributed by atoms with Crippen molar-refractivity contribution >= 4 is 22.7 Å². The highest BCUT2D eigenvalue weighted by Gasteiger charge is 2.32. The zero-order valence-electron chi connectivity index (χ0n) is 15.3. The van der Waals surface area contributed by atoms with Crippen LogP contribution in [0.15, 0.2) is 54.9 Å². The number of hydrogen-bond donors (Lipinski definition) is 2. The third kappa shape index (κ3) is 3.26. The molecule has 6 nitrogen and oxygen atoms in total. The lowest BCUT2D eigenvalue weighted by Crippen LogP contribution is -2.62. The van der Waals surface area contributed by atoms with Crippen molar-refractivity contribution in [2.75, 3.05) is 20.1 Å². The van der Waals surface area contributed by atoms with Gasteiger partial charge in [0, 0.05) is 37.9 Å². The first-order chi connectivity index (χ1) is 13.6. The number of hydrogen-bond acceptors (Lipinski definition) is 3. The molecule has 28 heavy (non-hydrogen) atoms. The summed E-state index contributed by atoms with van der Waals surface area (Å²) in [6.07, 6.45) is 3.31. The summed E-state index contributed by atoms with van der Waals surface area (Å²) in [5.74, 6) is -0.630. The second-order valence-electron chi connectivity index (χ2n) is 6.73. The van der Waals surface area contributed by atoms with Crippen LogP contribution in [0.1, 0.15) is 10.4 Å². The number of amides is 3. The third-order valence-electron chi connectivity index (χ3n) is 4.90. The summed E-state index contributed by atoms with van der Waals surface area (Å²) >= 11 is 0. The molecule has 142 valence electrons. The highest BCUT2D eigenvalue weighted by molar-refractivity contribution is 6.12. The molecule has 3 aromatic rings. The highest BCUT2D eigenvalue weighted by atomic mass is 19.1. The molecule has 3 amide bonds. The molecule has 0 atom stereocenters. The summed E-state index contributed by atoms with van der Waals surface area (Å²) in [5.41, 5.74) is 1.71. The van der Waals surface area contributed by atoms with Gasteiger partial charge in [-0.2, -0.15) is 0 Å². The minimum absolute atomic E-state index is 0.128. The number of halogens is 1. The molecule has 0 unspecified atom stereocenters. The number of rotatable bonds is 3. The van der Waals surface area contributed by atoms with E-state index in [-0.39, 0.29) is 23.8 Å². The van der Waals surface area contributed by atoms with Crippen molar-refractivity contribution in [1.82, 2.24) is 20.5 Å². The first-order valence-corrected chi connectivity index (χ1v) is 8.97. The van der Waals surface area contributed by atoms with Crippen LogP contribution in [-0.2, 0) is 0 Å². The average molecular weight is 378 g/mol. The summed E-state index contributed by atoms with van der Waals surface area (Å²) in [7, 11) is 1.57. The Morgan fingerprint density at radius 1 is 1.18 bits per heavy atom. The quantitative estimate of drug-likeness (QED) is 0.736. The fourth-order valence-corrected chi connectivity index (χ4v) is 3.45. The van der Waals surface area contributed by atoms with E-state index in [9.17, 15) is 14.0 Å². The molecule has 7 heteroatoms.